The van der Waals surface area contributed by atoms with Gasteiger partial charge in [-0.05, 0) is 23.8 Å². The van der Waals surface area contributed by atoms with Crippen LogP contribution in [0, 0.1) is 5.82 Å². The van der Waals surface area contributed by atoms with Crippen molar-refractivity contribution in [1.82, 2.24) is 15.2 Å². The zero-order valence-corrected chi connectivity index (χ0v) is 14.2. The molecule has 6 nitrogen and oxygen atoms in total. The molecular weight excluding hydrogens is 349 g/mol. The molecule has 0 aliphatic carbocycles. The minimum absolute atomic E-state index is 0.284. The van der Waals surface area contributed by atoms with E-state index in [1.165, 1.54) is 35.4 Å². The first-order chi connectivity index (χ1) is 13.1. The van der Waals surface area contributed by atoms with Crippen molar-refractivity contribution in [1.29, 1.82) is 0 Å². The fourth-order valence-electron chi connectivity index (χ4n) is 3.40. The lowest BCUT2D eigenvalue weighted by Gasteiger charge is -2.35. The summed E-state index contributed by atoms with van der Waals surface area (Å²) in [6, 6.07) is 11.5. The van der Waals surface area contributed by atoms with E-state index in [1.54, 1.807) is 24.3 Å². The highest BCUT2D eigenvalue weighted by Gasteiger charge is 2.35. The fraction of sp³-hybridized carbons (Fsp3) is 0.150. The number of fused-ring (bicyclic) bond motifs is 1. The smallest absolute Gasteiger partial charge is 0.256 e. The number of aromatic nitrogens is 1. The van der Waals surface area contributed by atoms with Crippen molar-refractivity contribution < 1.29 is 14.0 Å². The second-order valence-electron chi connectivity index (χ2n) is 6.32. The lowest BCUT2D eigenvalue weighted by molar-refractivity contribution is -0.128. The van der Waals surface area contributed by atoms with Gasteiger partial charge in [-0.1, -0.05) is 30.3 Å². The van der Waals surface area contributed by atoms with Gasteiger partial charge in [0.1, 0.15) is 11.9 Å². The SMILES string of the molecule is O=C1NCCN(C(=O)c2c[nH]c(=O)c3ccccc23)[C@@H]1c1ccc(F)cc1. The van der Waals surface area contributed by atoms with Crippen LogP contribution in [0.4, 0.5) is 4.39 Å². The Morgan fingerprint density at radius 2 is 1.74 bits per heavy atom. The molecule has 1 aliphatic rings. The highest BCUT2D eigenvalue weighted by Crippen LogP contribution is 2.27. The van der Waals surface area contributed by atoms with Crippen LogP contribution >= 0.6 is 0 Å². The van der Waals surface area contributed by atoms with Gasteiger partial charge in [-0.15, -0.1) is 0 Å². The monoisotopic (exact) mass is 365 g/mol. The number of hydrogen-bond acceptors (Lipinski definition) is 3. The Labute approximate surface area is 153 Å². The van der Waals surface area contributed by atoms with Crippen molar-refractivity contribution in [2.45, 2.75) is 6.04 Å². The number of pyridine rings is 1. The molecule has 1 atom stereocenters. The van der Waals surface area contributed by atoms with E-state index in [4.69, 9.17) is 0 Å². The van der Waals surface area contributed by atoms with Crippen LogP contribution < -0.4 is 10.9 Å². The highest BCUT2D eigenvalue weighted by molar-refractivity contribution is 6.08. The van der Waals surface area contributed by atoms with Gasteiger partial charge in [-0.3, -0.25) is 14.4 Å². The summed E-state index contributed by atoms with van der Waals surface area (Å²) >= 11 is 0. The molecule has 0 bridgehead atoms. The molecule has 0 spiro atoms. The molecule has 3 aromatic rings. The minimum Gasteiger partial charge on any atom is -0.352 e. The molecule has 0 unspecified atom stereocenters. The van der Waals surface area contributed by atoms with Crippen molar-refractivity contribution in [2.24, 2.45) is 0 Å². The third-order valence-corrected chi connectivity index (χ3v) is 4.70. The van der Waals surface area contributed by atoms with Gasteiger partial charge in [0.25, 0.3) is 11.5 Å². The van der Waals surface area contributed by atoms with E-state index in [-0.39, 0.29) is 17.4 Å². The number of rotatable bonds is 2. The second kappa shape index (κ2) is 6.68. The Hall–Kier alpha value is -3.48. The van der Waals surface area contributed by atoms with Crippen LogP contribution in [-0.2, 0) is 4.79 Å². The van der Waals surface area contributed by atoms with Gasteiger partial charge in [-0.2, -0.15) is 0 Å². The Morgan fingerprint density at radius 3 is 2.48 bits per heavy atom. The number of piperazine rings is 1. The van der Waals surface area contributed by atoms with Crippen LogP contribution in [0.5, 0.6) is 0 Å². The van der Waals surface area contributed by atoms with Crippen LogP contribution in [0.3, 0.4) is 0 Å². The number of carbonyl (C=O) groups excluding carboxylic acids is 2. The van der Waals surface area contributed by atoms with Gasteiger partial charge in [-0.25, -0.2) is 4.39 Å². The average molecular weight is 365 g/mol. The van der Waals surface area contributed by atoms with Gasteiger partial charge in [0.15, 0.2) is 0 Å². The van der Waals surface area contributed by atoms with E-state index in [0.717, 1.165) is 0 Å². The normalized spacial score (nSPS) is 17.0. The molecule has 1 fully saturated rings. The van der Waals surface area contributed by atoms with Gasteiger partial charge < -0.3 is 15.2 Å². The van der Waals surface area contributed by atoms with E-state index >= 15 is 0 Å². The molecular formula is C20H16FN3O3. The molecule has 1 saturated heterocycles. The first-order valence-electron chi connectivity index (χ1n) is 8.51. The number of nitrogens with one attached hydrogen (secondary N) is 2. The third kappa shape index (κ3) is 2.97. The third-order valence-electron chi connectivity index (χ3n) is 4.70. The summed E-state index contributed by atoms with van der Waals surface area (Å²) in [5, 5.41) is 3.67. The zero-order valence-electron chi connectivity index (χ0n) is 14.2. The predicted molar refractivity (Wildman–Crippen MR) is 97.8 cm³/mol. The number of hydrogen-bond donors (Lipinski definition) is 2. The van der Waals surface area contributed by atoms with Gasteiger partial charge >= 0.3 is 0 Å². The summed E-state index contributed by atoms with van der Waals surface area (Å²) in [6.45, 7) is 0.629. The topological polar surface area (TPSA) is 82.3 Å². The van der Waals surface area contributed by atoms with Crippen LogP contribution in [0.2, 0.25) is 0 Å². The van der Waals surface area contributed by atoms with E-state index in [9.17, 15) is 18.8 Å². The quantitative estimate of drug-likeness (QED) is 0.729. The number of benzene rings is 2. The highest BCUT2D eigenvalue weighted by atomic mass is 19.1. The summed E-state index contributed by atoms with van der Waals surface area (Å²) in [4.78, 5) is 41.8. The van der Waals surface area contributed by atoms with Gasteiger partial charge in [0, 0.05) is 30.1 Å². The maximum atomic E-state index is 13.3. The van der Waals surface area contributed by atoms with E-state index in [0.29, 0.717) is 35.0 Å². The number of aromatic amines is 1. The molecule has 1 aromatic heterocycles. The molecule has 2 aromatic carbocycles. The Morgan fingerprint density at radius 1 is 1.04 bits per heavy atom. The maximum absolute atomic E-state index is 13.3. The Balaban J connectivity index is 1.80. The summed E-state index contributed by atoms with van der Waals surface area (Å²) in [5.41, 5.74) is 0.552. The molecule has 0 radical (unpaired) electrons. The number of nitrogens with zero attached hydrogens (tertiary/aromatic N) is 1. The summed E-state index contributed by atoms with van der Waals surface area (Å²) in [5.74, 6) is -1.11. The van der Waals surface area contributed by atoms with Crippen LogP contribution in [0.15, 0.2) is 59.5 Å². The summed E-state index contributed by atoms with van der Waals surface area (Å²) in [6.07, 6.45) is 1.38. The second-order valence-corrected chi connectivity index (χ2v) is 6.32. The van der Waals surface area contributed by atoms with Crippen molar-refractivity contribution >= 4 is 22.6 Å². The molecule has 2 N–H and O–H groups in total. The number of halogens is 1. The molecule has 27 heavy (non-hydrogen) atoms. The lowest BCUT2D eigenvalue weighted by Crippen LogP contribution is -2.52. The van der Waals surface area contributed by atoms with Gasteiger partial charge in [0.05, 0.1) is 5.56 Å². The summed E-state index contributed by atoms with van der Waals surface area (Å²) in [7, 11) is 0. The van der Waals surface area contributed by atoms with Crippen LogP contribution in [0.1, 0.15) is 22.0 Å². The summed E-state index contributed by atoms with van der Waals surface area (Å²) < 4.78 is 13.3. The average Bonchev–Trinajstić information content (AvgIpc) is 2.69. The van der Waals surface area contributed by atoms with Gasteiger partial charge in [0.2, 0.25) is 5.91 Å². The van der Waals surface area contributed by atoms with E-state index in [2.05, 4.69) is 10.3 Å². The van der Waals surface area contributed by atoms with Crippen LogP contribution in [0.25, 0.3) is 10.8 Å². The largest absolute Gasteiger partial charge is 0.352 e. The first kappa shape index (κ1) is 17.0. The molecule has 1 aliphatic heterocycles. The van der Waals surface area contributed by atoms with Crippen LogP contribution in [-0.4, -0.2) is 34.8 Å². The zero-order chi connectivity index (χ0) is 19.0. The molecule has 7 heteroatoms. The van der Waals surface area contributed by atoms with Crippen molar-refractivity contribution in [3.8, 4) is 0 Å². The van der Waals surface area contributed by atoms with Crippen molar-refractivity contribution in [3.63, 3.8) is 0 Å². The lowest BCUT2D eigenvalue weighted by atomic mass is 10.00. The predicted octanol–water partition coefficient (Wildman–Crippen LogP) is 1.98. The van der Waals surface area contributed by atoms with E-state index in [1.807, 2.05) is 0 Å². The number of carbonyl (C=O) groups is 2. The molecule has 136 valence electrons. The first-order valence-corrected chi connectivity index (χ1v) is 8.51. The van der Waals surface area contributed by atoms with E-state index < -0.39 is 11.9 Å². The minimum atomic E-state index is -0.863. The van der Waals surface area contributed by atoms with Crippen molar-refractivity contribution in [3.05, 3.63) is 82.0 Å². The maximum Gasteiger partial charge on any atom is 0.256 e. The fourth-order valence-corrected chi connectivity index (χ4v) is 3.40. The molecule has 4 rings (SSSR count). The standard InChI is InChI=1S/C20H16FN3O3/c21-13-7-5-12(6-8-13)17-19(26)22-9-10-24(17)20(27)16-11-23-18(25)15-4-2-1-3-14(15)16/h1-8,11,17H,9-10H2,(H,22,26)(H,23,25)/t17-/m1/s1. The molecule has 2 amide bonds. The number of H-pyrrole nitrogens is 1. The Kier molecular flexibility index (Phi) is 4.19. The Bertz CT molecular complexity index is 1090. The molecule has 0 saturated carbocycles. The van der Waals surface area contributed by atoms with Crippen molar-refractivity contribution in [2.75, 3.05) is 13.1 Å². The number of amides is 2. The molecule has 2 heterocycles.